The molecule has 3 rings (SSSR count). The van der Waals surface area contributed by atoms with E-state index in [-0.39, 0.29) is 36.4 Å². The number of nitrogens with zero attached hydrogens (tertiary/aromatic N) is 3. The zero-order chi connectivity index (χ0) is 21.7. The summed E-state index contributed by atoms with van der Waals surface area (Å²) in [5, 5.41) is 10.1. The number of hydrogen-bond acceptors (Lipinski definition) is 5. The van der Waals surface area contributed by atoms with E-state index in [1.54, 1.807) is 17.3 Å². The molecule has 1 aliphatic carbocycles. The molecule has 0 bridgehead atoms. The largest absolute Gasteiger partial charge is 0.444 e. The monoisotopic (exact) mass is 419 g/mol. The van der Waals surface area contributed by atoms with Gasteiger partial charge < -0.3 is 20.3 Å². The normalized spacial score (nSPS) is 18.3. The van der Waals surface area contributed by atoms with Crippen molar-refractivity contribution in [3.63, 3.8) is 0 Å². The van der Waals surface area contributed by atoms with Gasteiger partial charge in [-0.2, -0.15) is 5.10 Å². The third-order valence-electron chi connectivity index (χ3n) is 5.44. The van der Waals surface area contributed by atoms with Crippen LogP contribution in [0.4, 0.5) is 10.5 Å². The molecule has 0 aromatic carbocycles. The van der Waals surface area contributed by atoms with Crippen molar-refractivity contribution in [1.82, 2.24) is 20.0 Å². The standard InChI is InChI=1S/C21H33N5O4/c1-21(2,3)30-20(29)25-10-8-15(9-11-25)19(28)24-17-12-22-26(13-17)14-18(27)23-16-6-4-5-7-16/h12-13,15-16H,4-11,14H2,1-3H3,(H,23,27)(H,24,28). The highest BCUT2D eigenvalue weighted by Crippen LogP contribution is 2.21. The van der Waals surface area contributed by atoms with Gasteiger partial charge in [0, 0.05) is 31.2 Å². The first kappa shape index (κ1) is 22.1. The molecule has 0 spiro atoms. The maximum atomic E-state index is 12.6. The fourth-order valence-corrected chi connectivity index (χ4v) is 3.90. The van der Waals surface area contributed by atoms with Crippen LogP contribution in [0.15, 0.2) is 12.4 Å². The van der Waals surface area contributed by atoms with Crippen molar-refractivity contribution in [2.45, 2.75) is 77.5 Å². The van der Waals surface area contributed by atoms with Crippen LogP contribution in [0.3, 0.4) is 0 Å². The molecule has 2 heterocycles. The van der Waals surface area contributed by atoms with E-state index in [1.807, 2.05) is 20.8 Å². The topological polar surface area (TPSA) is 106 Å². The molecule has 9 heteroatoms. The van der Waals surface area contributed by atoms with E-state index < -0.39 is 5.60 Å². The van der Waals surface area contributed by atoms with Gasteiger partial charge in [0.1, 0.15) is 12.1 Å². The Hall–Kier alpha value is -2.58. The fourth-order valence-electron chi connectivity index (χ4n) is 3.90. The summed E-state index contributed by atoms with van der Waals surface area (Å²) >= 11 is 0. The summed E-state index contributed by atoms with van der Waals surface area (Å²) in [5.74, 6) is -0.316. The van der Waals surface area contributed by atoms with Crippen LogP contribution in [0.25, 0.3) is 0 Å². The minimum atomic E-state index is -0.528. The number of aromatic nitrogens is 2. The number of carbonyl (C=O) groups is 3. The van der Waals surface area contributed by atoms with Gasteiger partial charge in [0.15, 0.2) is 0 Å². The number of ether oxygens (including phenoxy) is 1. The average molecular weight is 420 g/mol. The van der Waals surface area contributed by atoms with Crippen LogP contribution in [0.5, 0.6) is 0 Å². The summed E-state index contributed by atoms with van der Waals surface area (Å²) in [5.41, 5.74) is 0.0441. The van der Waals surface area contributed by atoms with Crippen molar-refractivity contribution in [2.24, 2.45) is 5.92 Å². The van der Waals surface area contributed by atoms with Crippen molar-refractivity contribution in [1.29, 1.82) is 0 Å². The van der Waals surface area contributed by atoms with Gasteiger partial charge in [-0.3, -0.25) is 14.3 Å². The Morgan fingerprint density at radius 2 is 1.80 bits per heavy atom. The minimum absolute atomic E-state index is 0.0580. The van der Waals surface area contributed by atoms with Crippen LogP contribution in [0, 0.1) is 5.92 Å². The lowest BCUT2D eigenvalue weighted by molar-refractivity contribution is -0.122. The molecule has 1 aliphatic heterocycles. The van der Waals surface area contributed by atoms with Gasteiger partial charge in [0.05, 0.1) is 11.9 Å². The second-order valence-corrected chi connectivity index (χ2v) is 9.21. The van der Waals surface area contributed by atoms with E-state index in [0.717, 1.165) is 12.8 Å². The molecular formula is C21H33N5O4. The highest BCUT2D eigenvalue weighted by Gasteiger charge is 2.30. The van der Waals surface area contributed by atoms with Gasteiger partial charge in [0.25, 0.3) is 0 Å². The van der Waals surface area contributed by atoms with Gasteiger partial charge in [-0.25, -0.2) is 4.79 Å². The van der Waals surface area contributed by atoms with Crippen molar-refractivity contribution in [2.75, 3.05) is 18.4 Å². The molecule has 2 fully saturated rings. The number of hydrogen-bond donors (Lipinski definition) is 2. The second-order valence-electron chi connectivity index (χ2n) is 9.21. The number of piperidine rings is 1. The lowest BCUT2D eigenvalue weighted by Gasteiger charge is -2.32. The maximum Gasteiger partial charge on any atom is 0.410 e. The van der Waals surface area contributed by atoms with E-state index in [2.05, 4.69) is 15.7 Å². The highest BCUT2D eigenvalue weighted by molar-refractivity contribution is 5.92. The second kappa shape index (κ2) is 9.49. The van der Waals surface area contributed by atoms with Gasteiger partial charge in [-0.1, -0.05) is 12.8 Å². The molecule has 166 valence electrons. The summed E-state index contributed by atoms with van der Waals surface area (Å²) in [6, 6.07) is 0.277. The summed E-state index contributed by atoms with van der Waals surface area (Å²) in [6.45, 7) is 6.64. The SMILES string of the molecule is CC(C)(C)OC(=O)N1CCC(C(=O)Nc2cnn(CC(=O)NC3CCCC3)c2)CC1. The lowest BCUT2D eigenvalue weighted by Crippen LogP contribution is -2.43. The van der Waals surface area contributed by atoms with Crippen LogP contribution < -0.4 is 10.6 Å². The average Bonchev–Trinajstić information content (AvgIpc) is 3.32. The molecule has 2 aliphatic rings. The summed E-state index contributed by atoms with van der Waals surface area (Å²) < 4.78 is 6.92. The Kier molecular flexibility index (Phi) is 6.99. The Morgan fingerprint density at radius 3 is 2.43 bits per heavy atom. The van der Waals surface area contributed by atoms with E-state index in [0.29, 0.717) is 31.6 Å². The number of anilines is 1. The molecular weight excluding hydrogens is 386 g/mol. The van der Waals surface area contributed by atoms with Crippen molar-refractivity contribution in [3.8, 4) is 0 Å². The van der Waals surface area contributed by atoms with Gasteiger partial charge in [-0.05, 0) is 46.5 Å². The first-order valence-electron chi connectivity index (χ1n) is 10.8. The van der Waals surface area contributed by atoms with E-state index >= 15 is 0 Å². The maximum absolute atomic E-state index is 12.6. The number of rotatable bonds is 5. The first-order chi connectivity index (χ1) is 14.2. The molecule has 0 unspecified atom stereocenters. The zero-order valence-electron chi connectivity index (χ0n) is 18.1. The summed E-state index contributed by atoms with van der Waals surface area (Å²) in [4.78, 5) is 38.5. The van der Waals surface area contributed by atoms with E-state index in [4.69, 9.17) is 4.74 Å². The van der Waals surface area contributed by atoms with E-state index in [1.165, 1.54) is 17.5 Å². The number of amides is 3. The van der Waals surface area contributed by atoms with Crippen LogP contribution in [-0.2, 0) is 20.9 Å². The quantitative estimate of drug-likeness (QED) is 0.763. The molecule has 2 N–H and O–H groups in total. The summed E-state index contributed by atoms with van der Waals surface area (Å²) in [7, 11) is 0. The van der Waals surface area contributed by atoms with E-state index in [9.17, 15) is 14.4 Å². The molecule has 9 nitrogen and oxygen atoms in total. The smallest absolute Gasteiger partial charge is 0.410 e. The van der Waals surface area contributed by atoms with Gasteiger partial charge in [-0.15, -0.1) is 0 Å². The van der Waals surface area contributed by atoms with Gasteiger partial charge >= 0.3 is 6.09 Å². The molecule has 1 aromatic rings. The predicted octanol–water partition coefficient (Wildman–Crippen LogP) is 2.53. The molecule has 0 radical (unpaired) electrons. The highest BCUT2D eigenvalue weighted by atomic mass is 16.6. The number of carbonyl (C=O) groups excluding carboxylic acids is 3. The molecule has 1 saturated carbocycles. The zero-order valence-corrected chi connectivity index (χ0v) is 18.1. The first-order valence-corrected chi connectivity index (χ1v) is 10.8. The lowest BCUT2D eigenvalue weighted by atomic mass is 9.96. The Morgan fingerprint density at radius 1 is 1.13 bits per heavy atom. The van der Waals surface area contributed by atoms with Crippen molar-refractivity contribution < 1.29 is 19.1 Å². The predicted molar refractivity (Wildman–Crippen MR) is 112 cm³/mol. The minimum Gasteiger partial charge on any atom is -0.444 e. The third-order valence-corrected chi connectivity index (χ3v) is 5.44. The fraction of sp³-hybridized carbons (Fsp3) is 0.714. The third kappa shape index (κ3) is 6.47. The molecule has 30 heavy (non-hydrogen) atoms. The van der Waals surface area contributed by atoms with Crippen LogP contribution >= 0.6 is 0 Å². The Balaban J connectivity index is 1.42. The Labute approximate surface area is 177 Å². The van der Waals surface area contributed by atoms with Crippen molar-refractivity contribution in [3.05, 3.63) is 12.4 Å². The van der Waals surface area contributed by atoms with Gasteiger partial charge in [0.2, 0.25) is 11.8 Å². The number of likely N-dealkylation sites (tertiary alicyclic amines) is 1. The number of nitrogens with one attached hydrogen (secondary N) is 2. The molecule has 1 saturated heterocycles. The van der Waals surface area contributed by atoms with Crippen LogP contribution in [0.2, 0.25) is 0 Å². The van der Waals surface area contributed by atoms with Crippen LogP contribution in [0.1, 0.15) is 59.3 Å². The Bertz CT molecular complexity index is 756. The van der Waals surface area contributed by atoms with Crippen molar-refractivity contribution >= 4 is 23.6 Å². The molecule has 0 atom stereocenters. The van der Waals surface area contributed by atoms with Crippen LogP contribution in [-0.4, -0.2) is 57.3 Å². The summed E-state index contributed by atoms with van der Waals surface area (Å²) in [6.07, 6.45) is 8.47. The molecule has 1 aromatic heterocycles. The molecule has 3 amide bonds.